The van der Waals surface area contributed by atoms with Crippen molar-refractivity contribution in [2.24, 2.45) is 0 Å². The van der Waals surface area contributed by atoms with Crippen LogP contribution in [0.4, 0.5) is 13.2 Å². The highest BCUT2D eigenvalue weighted by molar-refractivity contribution is 5.75. The number of hydrogen-bond acceptors (Lipinski definition) is 3. The predicted octanol–water partition coefficient (Wildman–Crippen LogP) is 3.36. The van der Waals surface area contributed by atoms with Gasteiger partial charge in [-0.1, -0.05) is 18.2 Å². The molecule has 0 aliphatic heterocycles. The van der Waals surface area contributed by atoms with Crippen LogP contribution in [0.25, 0.3) is 5.69 Å². The van der Waals surface area contributed by atoms with Gasteiger partial charge in [0.25, 0.3) is 0 Å². The number of likely N-dealkylation sites (N-methyl/N-ethyl adjacent to an activating group) is 1. The van der Waals surface area contributed by atoms with Gasteiger partial charge in [-0.3, -0.25) is 9.48 Å². The molecule has 0 saturated heterocycles. The summed E-state index contributed by atoms with van der Waals surface area (Å²) in [6, 6.07) is 10.5. The van der Waals surface area contributed by atoms with E-state index in [9.17, 15) is 18.0 Å². The molecule has 0 spiro atoms. The van der Waals surface area contributed by atoms with E-state index >= 15 is 0 Å². The second-order valence-electron chi connectivity index (χ2n) is 6.54. The number of nitrogens with zero attached hydrogens (tertiary/aromatic N) is 5. The van der Waals surface area contributed by atoms with Crippen LogP contribution in [-0.4, -0.2) is 37.4 Å². The number of hydrogen-bond donors (Lipinski definition) is 0. The van der Waals surface area contributed by atoms with Crippen molar-refractivity contribution in [1.29, 1.82) is 0 Å². The second-order valence-corrected chi connectivity index (χ2v) is 6.54. The fraction of sp³-hybridized carbons (Fsp3) is 0.316. The molecule has 0 fully saturated rings. The van der Waals surface area contributed by atoms with E-state index in [0.29, 0.717) is 6.54 Å². The maximum Gasteiger partial charge on any atom is 0.435 e. The summed E-state index contributed by atoms with van der Waals surface area (Å²) in [5, 5.41) is 7.96. The molecule has 6 nitrogen and oxygen atoms in total. The number of rotatable bonds is 5. The Hall–Kier alpha value is -3.10. The van der Waals surface area contributed by atoms with E-state index in [1.54, 1.807) is 7.05 Å². The number of carbonyl (C=O) groups is 1. The molecule has 3 aromatic rings. The van der Waals surface area contributed by atoms with Crippen molar-refractivity contribution in [2.75, 3.05) is 7.05 Å². The highest BCUT2D eigenvalue weighted by Gasteiger charge is 2.33. The highest BCUT2D eigenvalue weighted by atomic mass is 19.4. The Morgan fingerprint density at radius 3 is 2.39 bits per heavy atom. The highest BCUT2D eigenvalue weighted by Crippen LogP contribution is 2.27. The Bertz CT molecular complexity index is 975. The van der Waals surface area contributed by atoms with Crippen LogP contribution in [0.1, 0.15) is 22.6 Å². The van der Waals surface area contributed by atoms with Crippen molar-refractivity contribution >= 4 is 5.91 Å². The minimum Gasteiger partial charge on any atom is -0.340 e. The molecule has 2 aromatic heterocycles. The number of para-hydroxylation sites is 1. The topological polar surface area (TPSA) is 56.0 Å². The van der Waals surface area contributed by atoms with Crippen molar-refractivity contribution < 1.29 is 18.0 Å². The van der Waals surface area contributed by atoms with Gasteiger partial charge in [0.1, 0.15) is 6.54 Å². The van der Waals surface area contributed by atoms with Gasteiger partial charge in [0.15, 0.2) is 5.69 Å². The molecule has 9 heteroatoms. The SMILES string of the molecule is Cc1nn(-c2ccccc2)c(C)c1CN(C)C(=O)Cn1ccc(C(F)(F)F)n1. The molecular weight excluding hydrogens is 371 g/mol. The van der Waals surface area contributed by atoms with Gasteiger partial charge in [-0.15, -0.1) is 0 Å². The molecule has 2 heterocycles. The predicted molar refractivity (Wildman–Crippen MR) is 96.7 cm³/mol. The van der Waals surface area contributed by atoms with Gasteiger partial charge in [0, 0.05) is 31.0 Å². The van der Waals surface area contributed by atoms with E-state index in [1.807, 2.05) is 48.9 Å². The molecular formula is C19H20F3N5O. The molecule has 0 N–H and O–H groups in total. The largest absolute Gasteiger partial charge is 0.435 e. The molecule has 0 aliphatic carbocycles. The number of benzene rings is 1. The zero-order chi connectivity index (χ0) is 20.5. The van der Waals surface area contributed by atoms with Crippen molar-refractivity contribution in [3.63, 3.8) is 0 Å². The van der Waals surface area contributed by atoms with E-state index in [4.69, 9.17) is 0 Å². The quantitative estimate of drug-likeness (QED) is 0.670. The minimum absolute atomic E-state index is 0.266. The summed E-state index contributed by atoms with van der Waals surface area (Å²) in [6.45, 7) is 3.82. The smallest absolute Gasteiger partial charge is 0.340 e. The Kier molecular flexibility index (Phi) is 5.26. The van der Waals surface area contributed by atoms with Gasteiger partial charge < -0.3 is 4.90 Å². The lowest BCUT2D eigenvalue weighted by atomic mass is 10.2. The van der Waals surface area contributed by atoms with E-state index in [2.05, 4.69) is 10.2 Å². The third kappa shape index (κ3) is 4.08. The van der Waals surface area contributed by atoms with E-state index in [1.165, 1.54) is 4.90 Å². The first-order chi connectivity index (χ1) is 13.2. The Morgan fingerprint density at radius 1 is 1.11 bits per heavy atom. The summed E-state index contributed by atoms with van der Waals surface area (Å²) in [5.74, 6) is -0.344. The van der Waals surface area contributed by atoms with E-state index in [0.717, 1.165) is 39.6 Å². The van der Waals surface area contributed by atoms with Gasteiger partial charge in [0.05, 0.1) is 11.4 Å². The van der Waals surface area contributed by atoms with Gasteiger partial charge in [-0.2, -0.15) is 23.4 Å². The number of carbonyl (C=O) groups excluding carboxylic acids is 1. The average molecular weight is 391 g/mol. The molecule has 0 radical (unpaired) electrons. The van der Waals surface area contributed by atoms with Crippen molar-refractivity contribution in [3.8, 4) is 5.69 Å². The Morgan fingerprint density at radius 2 is 1.79 bits per heavy atom. The molecule has 0 unspecified atom stereocenters. The van der Waals surface area contributed by atoms with Crippen LogP contribution < -0.4 is 0 Å². The summed E-state index contributed by atoms with van der Waals surface area (Å²) >= 11 is 0. The van der Waals surface area contributed by atoms with E-state index < -0.39 is 11.9 Å². The number of halogens is 3. The summed E-state index contributed by atoms with van der Waals surface area (Å²) in [7, 11) is 1.61. The van der Waals surface area contributed by atoms with Gasteiger partial charge >= 0.3 is 6.18 Å². The number of aryl methyl sites for hydroxylation is 1. The third-order valence-electron chi connectivity index (χ3n) is 4.49. The van der Waals surface area contributed by atoms with Crippen LogP contribution in [0.15, 0.2) is 42.6 Å². The first-order valence-electron chi connectivity index (χ1n) is 8.62. The van der Waals surface area contributed by atoms with Crippen molar-refractivity contribution in [2.45, 2.75) is 33.1 Å². The Balaban J connectivity index is 1.72. The Labute approximate surface area is 160 Å². The molecule has 0 bridgehead atoms. The lowest BCUT2D eigenvalue weighted by molar-refractivity contribution is -0.142. The van der Waals surface area contributed by atoms with Crippen LogP contribution in [0.2, 0.25) is 0 Å². The fourth-order valence-corrected chi connectivity index (χ4v) is 2.91. The lowest BCUT2D eigenvalue weighted by Gasteiger charge is -2.17. The van der Waals surface area contributed by atoms with Crippen molar-refractivity contribution in [1.82, 2.24) is 24.5 Å². The maximum absolute atomic E-state index is 12.6. The summed E-state index contributed by atoms with van der Waals surface area (Å²) < 4.78 is 40.7. The monoisotopic (exact) mass is 391 g/mol. The van der Waals surface area contributed by atoms with Crippen LogP contribution in [0, 0.1) is 13.8 Å². The van der Waals surface area contributed by atoms with Crippen molar-refractivity contribution in [3.05, 3.63) is 65.2 Å². The van der Waals surface area contributed by atoms with Crippen LogP contribution in [0.3, 0.4) is 0 Å². The molecule has 1 aromatic carbocycles. The standard InChI is InChI=1S/C19H20F3N5O/c1-13-16(14(2)27(23-13)15-7-5-4-6-8-15)11-25(3)18(28)12-26-10-9-17(24-26)19(20,21)22/h4-10H,11-12H2,1-3H3. The molecule has 0 aliphatic rings. The molecule has 28 heavy (non-hydrogen) atoms. The molecule has 148 valence electrons. The number of amides is 1. The lowest BCUT2D eigenvalue weighted by Crippen LogP contribution is -2.30. The fourth-order valence-electron chi connectivity index (χ4n) is 2.91. The first kappa shape index (κ1) is 19.7. The number of alkyl halides is 3. The zero-order valence-electron chi connectivity index (χ0n) is 15.7. The first-order valence-corrected chi connectivity index (χ1v) is 8.62. The molecule has 3 rings (SSSR count). The van der Waals surface area contributed by atoms with Crippen LogP contribution in [-0.2, 0) is 24.1 Å². The summed E-state index contributed by atoms with van der Waals surface area (Å²) in [6.07, 6.45) is -3.38. The normalized spacial score (nSPS) is 11.6. The summed E-state index contributed by atoms with van der Waals surface area (Å²) in [4.78, 5) is 13.9. The van der Waals surface area contributed by atoms with Crippen LogP contribution >= 0.6 is 0 Å². The van der Waals surface area contributed by atoms with Gasteiger partial charge in [-0.05, 0) is 32.0 Å². The molecule has 1 amide bonds. The molecule has 0 atom stereocenters. The zero-order valence-corrected chi connectivity index (χ0v) is 15.7. The van der Waals surface area contributed by atoms with Gasteiger partial charge in [-0.25, -0.2) is 4.68 Å². The second kappa shape index (κ2) is 7.49. The maximum atomic E-state index is 12.6. The van der Waals surface area contributed by atoms with E-state index in [-0.39, 0.29) is 12.5 Å². The summed E-state index contributed by atoms with van der Waals surface area (Å²) in [5.41, 5.74) is 2.50. The van der Waals surface area contributed by atoms with Crippen LogP contribution in [0.5, 0.6) is 0 Å². The minimum atomic E-state index is -4.53. The third-order valence-corrected chi connectivity index (χ3v) is 4.49. The van der Waals surface area contributed by atoms with Gasteiger partial charge in [0.2, 0.25) is 5.91 Å². The molecule has 0 saturated carbocycles. The number of aromatic nitrogens is 4. The average Bonchev–Trinajstić information content (AvgIpc) is 3.22.